The van der Waals surface area contributed by atoms with Gasteiger partial charge in [0.2, 0.25) is 0 Å². The maximum absolute atomic E-state index is 13.7. The quantitative estimate of drug-likeness (QED) is 0.640. The highest BCUT2D eigenvalue weighted by Crippen LogP contribution is 2.24. The highest BCUT2D eigenvalue weighted by molar-refractivity contribution is 5.33. The Morgan fingerprint density at radius 1 is 1.27 bits per heavy atom. The van der Waals surface area contributed by atoms with E-state index in [1.54, 1.807) is 6.07 Å². The maximum Gasteiger partial charge on any atom is 0.126 e. The zero-order chi connectivity index (χ0) is 11.4. The van der Waals surface area contributed by atoms with Crippen molar-refractivity contribution in [2.24, 2.45) is 0 Å². The monoisotopic (exact) mass is 204 g/mol. The summed E-state index contributed by atoms with van der Waals surface area (Å²) in [6.07, 6.45) is 0.718. The van der Waals surface area contributed by atoms with Gasteiger partial charge in [-0.05, 0) is 49.4 Å². The van der Waals surface area contributed by atoms with Crippen molar-refractivity contribution in [1.82, 2.24) is 0 Å². The minimum absolute atomic E-state index is 0.108. The van der Waals surface area contributed by atoms with Gasteiger partial charge in [0.25, 0.3) is 0 Å². The molecule has 0 saturated heterocycles. The molecule has 0 spiro atoms. The van der Waals surface area contributed by atoms with Crippen LogP contribution in [0.3, 0.4) is 0 Å². The molecule has 0 amide bonds. The summed E-state index contributed by atoms with van der Waals surface area (Å²) in [5, 5.41) is 0. The van der Waals surface area contributed by atoms with Crippen LogP contribution >= 0.6 is 0 Å². The van der Waals surface area contributed by atoms with Crippen molar-refractivity contribution in [1.29, 1.82) is 0 Å². The molecule has 0 nitrogen and oxygen atoms in total. The van der Waals surface area contributed by atoms with Gasteiger partial charge in [0.1, 0.15) is 5.82 Å². The van der Waals surface area contributed by atoms with E-state index in [4.69, 9.17) is 0 Å². The number of rotatable bonds is 2. The van der Waals surface area contributed by atoms with Crippen molar-refractivity contribution >= 4 is 0 Å². The fourth-order valence-electron chi connectivity index (χ4n) is 1.55. The first-order chi connectivity index (χ1) is 7.06. The van der Waals surface area contributed by atoms with E-state index in [1.807, 2.05) is 33.8 Å². The molecule has 1 aromatic rings. The molecule has 80 valence electrons. The molecule has 0 bridgehead atoms. The minimum Gasteiger partial charge on any atom is -0.207 e. The van der Waals surface area contributed by atoms with Crippen LogP contribution in [0.4, 0.5) is 4.39 Å². The lowest BCUT2D eigenvalue weighted by Gasteiger charge is -2.12. The second-order valence-electron chi connectivity index (χ2n) is 3.99. The molecule has 1 heteroatoms. The summed E-state index contributed by atoms with van der Waals surface area (Å²) in [4.78, 5) is 0. The highest BCUT2D eigenvalue weighted by atomic mass is 19.1. The van der Waals surface area contributed by atoms with Crippen molar-refractivity contribution in [2.75, 3.05) is 0 Å². The standard InChI is InChI=1S/C14H17F/c1-5-6-7-10(2)13-8-11(3)12(4)9-14(13)15/h8-10H,7H2,1-4H3. The SMILES string of the molecule is CC#CCC(C)c1cc(C)c(C)cc1F. The molecule has 0 heterocycles. The average molecular weight is 204 g/mol. The summed E-state index contributed by atoms with van der Waals surface area (Å²) in [7, 11) is 0. The Balaban J connectivity index is 3.01. The topological polar surface area (TPSA) is 0 Å². The predicted molar refractivity (Wildman–Crippen MR) is 62.4 cm³/mol. The molecule has 1 unspecified atom stereocenters. The van der Waals surface area contributed by atoms with Crippen LogP contribution in [0.2, 0.25) is 0 Å². The number of hydrogen-bond donors (Lipinski definition) is 0. The molecule has 0 radical (unpaired) electrons. The molecule has 0 aromatic heterocycles. The second-order valence-corrected chi connectivity index (χ2v) is 3.99. The first-order valence-corrected chi connectivity index (χ1v) is 5.22. The third-order valence-electron chi connectivity index (χ3n) is 2.73. The van der Waals surface area contributed by atoms with E-state index in [1.165, 1.54) is 0 Å². The zero-order valence-corrected chi connectivity index (χ0v) is 9.82. The Bertz CT molecular complexity index is 407. The molecule has 1 atom stereocenters. The first kappa shape index (κ1) is 11.8. The van der Waals surface area contributed by atoms with E-state index < -0.39 is 0 Å². The zero-order valence-electron chi connectivity index (χ0n) is 9.82. The fraction of sp³-hybridized carbons (Fsp3) is 0.429. The molecule has 0 aliphatic carbocycles. The summed E-state index contributed by atoms with van der Waals surface area (Å²) >= 11 is 0. The lowest BCUT2D eigenvalue weighted by atomic mass is 9.94. The van der Waals surface area contributed by atoms with Gasteiger partial charge in [-0.2, -0.15) is 0 Å². The van der Waals surface area contributed by atoms with Crippen molar-refractivity contribution in [2.45, 2.75) is 40.0 Å². The Kier molecular flexibility index (Phi) is 3.91. The van der Waals surface area contributed by atoms with Gasteiger partial charge in [0, 0.05) is 6.42 Å². The van der Waals surface area contributed by atoms with Gasteiger partial charge < -0.3 is 0 Å². The Morgan fingerprint density at radius 3 is 2.47 bits per heavy atom. The number of benzene rings is 1. The molecule has 1 aromatic carbocycles. The lowest BCUT2D eigenvalue weighted by molar-refractivity contribution is 0.590. The number of aryl methyl sites for hydroxylation is 2. The van der Waals surface area contributed by atoms with Crippen LogP contribution in [0.15, 0.2) is 12.1 Å². The van der Waals surface area contributed by atoms with Crippen molar-refractivity contribution in [3.05, 3.63) is 34.6 Å². The van der Waals surface area contributed by atoms with E-state index in [0.29, 0.717) is 0 Å². The third kappa shape index (κ3) is 2.83. The van der Waals surface area contributed by atoms with E-state index in [2.05, 4.69) is 11.8 Å². The largest absolute Gasteiger partial charge is 0.207 e. The van der Waals surface area contributed by atoms with Crippen LogP contribution in [-0.4, -0.2) is 0 Å². The van der Waals surface area contributed by atoms with Crippen LogP contribution in [0.25, 0.3) is 0 Å². The summed E-state index contributed by atoms with van der Waals surface area (Å²) in [6.45, 7) is 7.76. The van der Waals surface area contributed by atoms with Gasteiger partial charge >= 0.3 is 0 Å². The Morgan fingerprint density at radius 2 is 1.87 bits per heavy atom. The Hall–Kier alpha value is -1.29. The Labute approximate surface area is 91.5 Å². The van der Waals surface area contributed by atoms with Gasteiger partial charge in [-0.15, -0.1) is 11.8 Å². The number of halogens is 1. The highest BCUT2D eigenvalue weighted by Gasteiger charge is 2.11. The van der Waals surface area contributed by atoms with Crippen LogP contribution in [0.5, 0.6) is 0 Å². The molecule has 1 rings (SSSR count). The van der Waals surface area contributed by atoms with Gasteiger partial charge in [-0.1, -0.05) is 13.0 Å². The van der Waals surface area contributed by atoms with Crippen LogP contribution in [-0.2, 0) is 0 Å². The van der Waals surface area contributed by atoms with E-state index in [9.17, 15) is 4.39 Å². The summed E-state index contributed by atoms with van der Waals surface area (Å²) < 4.78 is 13.7. The minimum atomic E-state index is -0.108. The predicted octanol–water partition coefficient (Wildman–Crippen LogP) is 3.96. The number of hydrogen-bond acceptors (Lipinski definition) is 0. The summed E-state index contributed by atoms with van der Waals surface area (Å²) in [6, 6.07) is 3.55. The van der Waals surface area contributed by atoms with Gasteiger partial charge in [-0.3, -0.25) is 0 Å². The molecule has 0 fully saturated rings. The second kappa shape index (κ2) is 4.98. The molecule has 0 saturated carbocycles. The molecular formula is C14H17F. The van der Waals surface area contributed by atoms with Crippen LogP contribution in [0.1, 0.15) is 42.9 Å². The van der Waals surface area contributed by atoms with Crippen molar-refractivity contribution < 1.29 is 4.39 Å². The molecule has 0 N–H and O–H groups in total. The third-order valence-corrected chi connectivity index (χ3v) is 2.73. The smallest absolute Gasteiger partial charge is 0.126 e. The van der Waals surface area contributed by atoms with E-state index in [0.717, 1.165) is 23.1 Å². The van der Waals surface area contributed by atoms with E-state index in [-0.39, 0.29) is 11.7 Å². The molecule has 15 heavy (non-hydrogen) atoms. The van der Waals surface area contributed by atoms with E-state index >= 15 is 0 Å². The summed E-state index contributed by atoms with van der Waals surface area (Å²) in [5.41, 5.74) is 2.92. The normalized spacial score (nSPS) is 11.8. The van der Waals surface area contributed by atoms with Crippen molar-refractivity contribution in [3.8, 4) is 11.8 Å². The van der Waals surface area contributed by atoms with Crippen molar-refractivity contribution in [3.63, 3.8) is 0 Å². The fourth-order valence-corrected chi connectivity index (χ4v) is 1.55. The van der Waals surface area contributed by atoms with Gasteiger partial charge in [-0.25, -0.2) is 4.39 Å². The molecular weight excluding hydrogens is 187 g/mol. The first-order valence-electron chi connectivity index (χ1n) is 5.22. The molecule has 0 aliphatic rings. The lowest BCUT2D eigenvalue weighted by Crippen LogP contribution is -1.98. The average Bonchev–Trinajstić information content (AvgIpc) is 2.20. The maximum atomic E-state index is 13.7. The van der Waals surface area contributed by atoms with Crippen LogP contribution in [0, 0.1) is 31.5 Å². The van der Waals surface area contributed by atoms with Gasteiger partial charge in [0.15, 0.2) is 0 Å². The van der Waals surface area contributed by atoms with Gasteiger partial charge in [0.05, 0.1) is 0 Å². The summed E-state index contributed by atoms with van der Waals surface area (Å²) in [5.74, 6) is 5.89. The van der Waals surface area contributed by atoms with Crippen LogP contribution < -0.4 is 0 Å². The molecule has 0 aliphatic heterocycles.